The Kier molecular flexibility index (Phi) is 6.29. The van der Waals surface area contributed by atoms with Crippen molar-refractivity contribution in [2.75, 3.05) is 20.0 Å². The van der Waals surface area contributed by atoms with E-state index in [4.69, 9.17) is 9.47 Å². The Hall–Kier alpha value is -1.27. The molecule has 0 amide bonds. The SMILES string of the molecule is CCCCS(=O)(=O)NCc1cc(OC)c(OC)cc1C. The Morgan fingerprint density at radius 2 is 1.75 bits per heavy atom. The molecule has 1 aromatic carbocycles. The first kappa shape index (κ1) is 16.8. The highest BCUT2D eigenvalue weighted by Gasteiger charge is 2.12. The molecular weight excluding hydrogens is 278 g/mol. The minimum Gasteiger partial charge on any atom is -0.493 e. The lowest BCUT2D eigenvalue weighted by Crippen LogP contribution is -2.26. The van der Waals surface area contributed by atoms with Gasteiger partial charge in [0.2, 0.25) is 10.0 Å². The van der Waals surface area contributed by atoms with E-state index < -0.39 is 10.0 Å². The summed E-state index contributed by atoms with van der Waals surface area (Å²) in [5.74, 6) is 1.40. The predicted molar refractivity (Wildman–Crippen MR) is 79.8 cm³/mol. The van der Waals surface area contributed by atoms with Crippen molar-refractivity contribution < 1.29 is 17.9 Å². The van der Waals surface area contributed by atoms with Crippen LogP contribution in [0.25, 0.3) is 0 Å². The van der Waals surface area contributed by atoms with Crippen LogP contribution in [-0.2, 0) is 16.6 Å². The number of ether oxygens (including phenoxy) is 2. The molecule has 0 aliphatic rings. The summed E-state index contributed by atoms with van der Waals surface area (Å²) >= 11 is 0. The van der Waals surface area contributed by atoms with Crippen LogP contribution in [0.4, 0.5) is 0 Å². The molecule has 0 saturated heterocycles. The van der Waals surface area contributed by atoms with E-state index in [-0.39, 0.29) is 12.3 Å². The number of aryl methyl sites for hydroxylation is 1. The molecule has 1 N–H and O–H groups in total. The Bertz CT molecular complexity index is 540. The molecule has 6 heteroatoms. The highest BCUT2D eigenvalue weighted by molar-refractivity contribution is 7.89. The number of rotatable bonds is 8. The average molecular weight is 301 g/mol. The monoisotopic (exact) mass is 301 g/mol. The summed E-state index contributed by atoms with van der Waals surface area (Å²) < 4.78 is 36.6. The van der Waals surface area contributed by atoms with E-state index in [2.05, 4.69) is 4.72 Å². The number of hydrogen-bond donors (Lipinski definition) is 1. The first-order valence-corrected chi connectivity index (χ1v) is 8.27. The summed E-state index contributed by atoms with van der Waals surface area (Å²) in [4.78, 5) is 0. The van der Waals surface area contributed by atoms with Gasteiger partial charge in [0.1, 0.15) is 0 Å². The van der Waals surface area contributed by atoms with Crippen LogP contribution in [0.2, 0.25) is 0 Å². The highest BCUT2D eigenvalue weighted by atomic mass is 32.2. The molecule has 1 aromatic rings. The van der Waals surface area contributed by atoms with E-state index in [1.54, 1.807) is 20.3 Å². The molecule has 0 aromatic heterocycles. The summed E-state index contributed by atoms with van der Waals surface area (Å²) in [6.07, 6.45) is 1.52. The lowest BCUT2D eigenvalue weighted by atomic mass is 10.1. The van der Waals surface area contributed by atoms with E-state index in [9.17, 15) is 8.42 Å². The van der Waals surface area contributed by atoms with Gasteiger partial charge >= 0.3 is 0 Å². The molecule has 1 rings (SSSR count). The van der Waals surface area contributed by atoms with Gasteiger partial charge in [-0.1, -0.05) is 13.3 Å². The van der Waals surface area contributed by atoms with Gasteiger partial charge in [0.15, 0.2) is 11.5 Å². The van der Waals surface area contributed by atoms with Crippen molar-refractivity contribution in [3.63, 3.8) is 0 Å². The molecule has 0 saturated carbocycles. The van der Waals surface area contributed by atoms with Crippen molar-refractivity contribution in [2.45, 2.75) is 33.2 Å². The van der Waals surface area contributed by atoms with E-state index >= 15 is 0 Å². The van der Waals surface area contributed by atoms with Crippen LogP contribution < -0.4 is 14.2 Å². The molecule has 0 aliphatic carbocycles. The highest BCUT2D eigenvalue weighted by Crippen LogP contribution is 2.30. The summed E-state index contributed by atoms with van der Waals surface area (Å²) in [5, 5.41) is 0. The zero-order valence-corrected chi connectivity index (χ0v) is 13.3. The number of hydrogen-bond acceptors (Lipinski definition) is 4. The zero-order chi connectivity index (χ0) is 15.2. The van der Waals surface area contributed by atoms with Crippen molar-refractivity contribution in [3.8, 4) is 11.5 Å². The molecule has 0 heterocycles. The Labute approximate surface area is 121 Å². The van der Waals surface area contributed by atoms with Gasteiger partial charge in [0.25, 0.3) is 0 Å². The fourth-order valence-electron chi connectivity index (χ4n) is 1.81. The van der Waals surface area contributed by atoms with Crippen molar-refractivity contribution in [1.29, 1.82) is 0 Å². The second-order valence-corrected chi connectivity index (χ2v) is 6.55. The van der Waals surface area contributed by atoms with E-state index in [0.29, 0.717) is 17.9 Å². The molecule has 0 fully saturated rings. The largest absolute Gasteiger partial charge is 0.493 e. The van der Waals surface area contributed by atoms with Crippen LogP contribution in [0, 0.1) is 6.92 Å². The van der Waals surface area contributed by atoms with Crippen molar-refractivity contribution in [2.24, 2.45) is 0 Å². The Balaban J connectivity index is 2.83. The first-order valence-electron chi connectivity index (χ1n) is 6.62. The van der Waals surface area contributed by atoms with Crippen molar-refractivity contribution in [1.82, 2.24) is 4.72 Å². The zero-order valence-electron chi connectivity index (χ0n) is 12.5. The minimum absolute atomic E-state index is 0.163. The third-order valence-corrected chi connectivity index (χ3v) is 4.50. The maximum absolute atomic E-state index is 11.8. The van der Waals surface area contributed by atoms with Gasteiger partial charge in [-0.15, -0.1) is 0 Å². The average Bonchev–Trinajstić information content (AvgIpc) is 2.43. The standard InChI is InChI=1S/C14H23NO4S/c1-5-6-7-20(16,17)15-10-12-9-14(19-4)13(18-3)8-11(12)2/h8-9,15H,5-7,10H2,1-4H3. The molecule has 0 unspecified atom stereocenters. The van der Waals surface area contributed by atoms with Gasteiger partial charge in [-0.2, -0.15) is 0 Å². The number of sulfonamides is 1. The molecular formula is C14H23NO4S. The molecule has 0 bridgehead atoms. The Morgan fingerprint density at radius 1 is 1.15 bits per heavy atom. The number of methoxy groups -OCH3 is 2. The maximum atomic E-state index is 11.8. The van der Waals surface area contributed by atoms with Crippen LogP contribution >= 0.6 is 0 Å². The summed E-state index contributed by atoms with van der Waals surface area (Å²) in [6.45, 7) is 4.14. The normalized spacial score (nSPS) is 11.4. The van der Waals surface area contributed by atoms with Crippen LogP contribution in [0.5, 0.6) is 11.5 Å². The Morgan fingerprint density at radius 3 is 2.30 bits per heavy atom. The van der Waals surface area contributed by atoms with Crippen LogP contribution in [0.1, 0.15) is 30.9 Å². The van der Waals surface area contributed by atoms with Crippen LogP contribution in [0.3, 0.4) is 0 Å². The second kappa shape index (κ2) is 7.50. The molecule has 5 nitrogen and oxygen atoms in total. The lowest BCUT2D eigenvalue weighted by Gasteiger charge is -2.13. The fourth-order valence-corrected chi connectivity index (χ4v) is 3.00. The third kappa shape index (κ3) is 4.68. The van der Waals surface area contributed by atoms with E-state index in [0.717, 1.165) is 17.5 Å². The quantitative estimate of drug-likeness (QED) is 0.799. The van der Waals surface area contributed by atoms with Crippen molar-refractivity contribution in [3.05, 3.63) is 23.3 Å². The minimum atomic E-state index is -3.22. The molecule has 0 atom stereocenters. The fraction of sp³-hybridized carbons (Fsp3) is 0.571. The van der Waals surface area contributed by atoms with Gasteiger partial charge in [-0.05, 0) is 36.6 Å². The predicted octanol–water partition coefficient (Wildman–Crippen LogP) is 2.23. The molecule has 0 spiro atoms. The van der Waals surface area contributed by atoms with Gasteiger partial charge in [-0.3, -0.25) is 0 Å². The lowest BCUT2D eigenvalue weighted by molar-refractivity contribution is 0.354. The summed E-state index contributed by atoms with van der Waals surface area (Å²) in [5.41, 5.74) is 1.84. The summed E-state index contributed by atoms with van der Waals surface area (Å²) in [7, 11) is -0.0843. The molecule has 20 heavy (non-hydrogen) atoms. The van der Waals surface area contributed by atoms with Gasteiger partial charge in [0.05, 0.1) is 20.0 Å². The van der Waals surface area contributed by atoms with Crippen molar-refractivity contribution >= 4 is 10.0 Å². The molecule has 0 radical (unpaired) electrons. The topological polar surface area (TPSA) is 64.6 Å². The smallest absolute Gasteiger partial charge is 0.211 e. The second-order valence-electron chi connectivity index (χ2n) is 4.63. The van der Waals surface area contributed by atoms with E-state index in [1.807, 2.05) is 19.9 Å². The summed E-state index contributed by atoms with van der Waals surface area (Å²) in [6, 6.07) is 3.64. The van der Waals surface area contributed by atoms with Gasteiger partial charge < -0.3 is 9.47 Å². The number of benzene rings is 1. The van der Waals surface area contributed by atoms with Crippen LogP contribution in [-0.4, -0.2) is 28.4 Å². The number of unbranched alkanes of at least 4 members (excludes halogenated alkanes) is 1. The van der Waals surface area contributed by atoms with E-state index in [1.165, 1.54) is 0 Å². The molecule has 0 aliphatic heterocycles. The number of nitrogens with one attached hydrogen (secondary N) is 1. The van der Waals surface area contributed by atoms with Crippen LogP contribution in [0.15, 0.2) is 12.1 Å². The van der Waals surface area contributed by atoms with Gasteiger partial charge in [-0.25, -0.2) is 13.1 Å². The van der Waals surface area contributed by atoms with Gasteiger partial charge in [0, 0.05) is 6.54 Å². The molecule has 114 valence electrons. The first-order chi connectivity index (χ1) is 9.43. The maximum Gasteiger partial charge on any atom is 0.211 e. The third-order valence-electron chi connectivity index (χ3n) is 3.09.